The molecule has 1 unspecified atom stereocenters. The van der Waals surface area contributed by atoms with E-state index in [1.165, 1.54) is 51.7 Å². The number of amides is 1. The molecule has 8 heteroatoms. The predicted octanol–water partition coefficient (Wildman–Crippen LogP) is 1.65. The number of nitrogens with one attached hydrogen (secondary N) is 1. The van der Waals surface area contributed by atoms with Gasteiger partial charge in [0.2, 0.25) is 10.0 Å². The number of methoxy groups -OCH3 is 1. The zero-order valence-electron chi connectivity index (χ0n) is 13.7. The van der Waals surface area contributed by atoms with Crippen molar-refractivity contribution in [1.29, 1.82) is 0 Å². The van der Waals surface area contributed by atoms with Crippen LogP contribution in [-0.4, -0.2) is 46.4 Å². The molecule has 1 aromatic carbocycles. The zero-order chi connectivity index (χ0) is 17.7. The molecule has 1 N–H and O–H groups in total. The Morgan fingerprint density at radius 2 is 1.92 bits per heavy atom. The van der Waals surface area contributed by atoms with Gasteiger partial charge in [0.1, 0.15) is 11.9 Å². The second kappa shape index (κ2) is 7.61. The maximum absolute atomic E-state index is 12.2. The maximum atomic E-state index is 12.2. The van der Waals surface area contributed by atoms with Gasteiger partial charge in [-0.05, 0) is 36.4 Å². The molecule has 0 radical (unpaired) electrons. The third kappa shape index (κ3) is 4.02. The second-order valence-electron chi connectivity index (χ2n) is 5.26. The van der Waals surface area contributed by atoms with E-state index in [9.17, 15) is 13.2 Å². The summed E-state index contributed by atoms with van der Waals surface area (Å²) in [5, 5.41) is 2.74. The van der Waals surface area contributed by atoms with Crippen LogP contribution in [0.4, 0.5) is 0 Å². The number of ether oxygens (including phenoxy) is 1. The normalized spacial score (nSPS) is 13.0. The molecule has 0 saturated heterocycles. The minimum absolute atomic E-state index is 0.134. The summed E-state index contributed by atoms with van der Waals surface area (Å²) in [5.74, 6) is 0.294. The van der Waals surface area contributed by atoms with E-state index in [1.807, 2.05) is 0 Å². The summed E-state index contributed by atoms with van der Waals surface area (Å²) in [7, 11) is 0.926. The van der Waals surface area contributed by atoms with Gasteiger partial charge in [-0.1, -0.05) is 0 Å². The third-order valence-corrected chi connectivity index (χ3v) is 5.32. The Kier molecular flexibility index (Phi) is 5.76. The van der Waals surface area contributed by atoms with Crippen LogP contribution in [0.1, 0.15) is 22.2 Å². The quantitative estimate of drug-likeness (QED) is 0.818. The molecule has 1 atom stereocenters. The molecular formula is C16H20N2O5S. The number of rotatable bonds is 7. The fraction of sp³-hybridized carbons (Fsp3) is 0.312. The lowest BCUT2D eigenvalue weighted by Gasteiger charge is -2.14. The lowest BCUT2D eigenvalue weighted by atomic mass is 10.2. The first-order chi connectivity index (χ1) is 11.4. The van der Waals surface area contributed by atoms with Crippen LogP contribution >= 0.6 is 0 Å². The predicted molar refractivity (Wildman–Crippen MR) is 88.1 cm³/mol. The minimum Gasteiger partial charge on any atom is -0.467 e. The number of nitrogens with zero attached hydrogens (tertiary/aromatic N) is 1. The highest BCUT2D eigenvalue weighted by Crippen LogP contribution is 2.17. The summed E-state index contributed by atoms with van der Waals surface area (Å²) < 4.78 is 35.6. The van der Waals surface area contributed by atoms with Crippen LogP contribution in [0.25, 0.3) is 0 Å². The summed E-state index contributed by atoms with van der Waals surface area (Å²) in [6, 6.07) is 9.27. The molecule has 2 aromatic rings. The van der Waals surface area contributed by atoms with Crippen LogP contribution in [0, 0.1) is 0 Å². The van der Waals surface area contributed by atoms with E-state index in [-0.39, 0.29) is 17.3 Å². The molecule has 7 nitrogen and oxygen atoms in total. The van der Waals surface area contributed by atoms with E-state index in [0.29, 0.717) is 11.3 Å². The first kappa shape index (κ1) is 18.2. The van der Waals surface area contributed by atoms with Crippen molar-refractivity contribution in [2.45, 2.75) is 11.0 Å². The monoisotopic (exact) mass is 352 g/mol. The number of furan rings is 1. The van der Waals surface area contributed by atoms with E-state index in [4.69, 9.17) is 9.15 Å². The first-order valence-corrected chi connectivity index (χ1v) is 8.67. The molecule has 1 aromatic heterocycles. The van der Waals surface area contributed by atoms with E-state index >= 15 is 0 Å². The Bertz CT molecular complexity index is 767. The first-order valence-electron chi connectivity index (χ1n) is 7.23. The van der Waals surface area contributed by atoms with Gasteiger partial charge >= 0.3 is 0 Å². The fourth-order valence-corrected chi connectivity index (χ4v) is 2.95. The van der Waals surface area contributed by atoms with Crippen molar-refractivity contribution in [2.24, 2.45) is 0 Å². The zero-order valence-corrected chi connectivity index (χ0v) is 14.5. The van der Waals surface area contributed by atoms with Crippen LogP contribution in [0.2, 0.25) is 0 Å². The summed E-state index contributed by atoms with van der Waals surface area (Å²) in [4.78, 5) is 12.3. The van der Waals surface area contributed by atoms with Gasteiger partial charge in [-0.15, -0.1) is 0 Å². The molecule has 2 rings (SSSR count). The number of carbonyl (C=O) groups excluding carboxylic acids is 1. The van der Waals surface area contributed by atoms with Crippen molar-refractivity contribution in [1.82, 2.24) is 9.62 Å². The molecule has 1 heterocycles. The second-order valence-corrected chi connectivity index (χ2v) is 7.41. The van der Waals surface area contributed by atoms with Crippen LogP contribution in [0.15, 0.2) is 52.0 Å². The summed E-state index contributed by atoms with van der Waals surface area (Å²) in [6.45, 7) is 0.237. The number of hydrogen-bond acceptors (Lipinski definition) is 5. The van der Waals surface area contributed by atoms with Gasteiger partial charge in [0.05, 0.1) is 17.7 Å². The third-order valence-electron chi connectivity index (χ3n) is 3.49. The van der Waals surface area contributed by atoms with E-state index < -0.39 is 16.1 Å². The average Bonchev–Trinajstić information content (AvgIpc) is 3.09. The van der Waals surface area contributed by atoms with Crippen LogP contribution in [0.5, 0.6) is 0 Å². The van der Waals surface area contributed by atoms with Crippen LogP contribution in [-0.2, 0) is 14.8 Å². The highest BCUT2D eigenvalue weighted by atomic mass is 32.2. The van der Waals surface area contributed by atoms with Gasteiger partial charge in [-0.3, -0.25) is 4.79 Å². The molecule has 0 aliphatic heterocycles. The summed E-state index contributed by atoms with van der Waals surface area (Å²) in [6.07, 6.45) is 1.14. The Hall–Kier alpha value is -2.16. The van der Waals surface area contributed by atoms with Crippen molar-refractivity contribution in [2.75, 3.05) is 27.7 Å². The molecule has 0 aliphatic rings. The minimum atomic E-state index is -3.51. The SMILES string of the molecule is COC(CNC(=O)c1ccc(S(=O)(=O)N(C)C)cc1)c1ccco1. The molecule has 0 bridgehead atoms. The number of hydrogen-bond donors (Lipinski definition) is 1. The molecule has 0 saturated carbocycles. The Labute approximate surface area is 141 Å². The Balaban J connectivity index is 2.03. The van der Waals surface area contributed by atoms with Gasteiger partial charge in [-0.2, -0.15) is 0 Å². The van der Waals surface area contributed by atoms with Crippen molar-refractivity contribution in [3.8, 4) is 0 Å². The van der Waals surface area contributed by atoms with Gasteiger partial charge in [0, 0.05) is 26.8 Å². The fourth-order valence-electron chi connectivity index (χ4n) is 2.05. The maximum Gasteiger partial charge on any atom is 0.251 e. The number of benzene rings is 1. The number of sulfonamides is 1. The molecule has 1 amide bonds. The summed E-state index contributed by atoms with van der Waals surface area (Å²) in [5.41, 5.74) is 0.363. The van der Waals surface area contributed by atoms with Crippen molar-refractivity contribution >= 4 is 15.9 Å². The van der Waals surface area contributed by atoms with Gasteiger partial charge in [0.25, 0.3) is 5.91 Å². The van der Waals surface area contributed by atoms with E-state index in [0.717, 1.165) is 4.31 Å². The smallest absolute Gasteiger partial charge is 0.251 e. The Morgan fingerprint density at radius 3 is 2.42 bits per heavy atom. The lowest BCUT2D eigenvalue weighted by molar-refractivity contribution is 0.0738. The van der Waals surface area contributed by atoms with Crippen LogP contribution in [0.3, 0.4) is 0 Å². The number of carbonyl (C=O) groups is 1. The van der Waals surface area contributed by atoms with Gasteiger partial charge in [-0.25, -0.2) is 12.7 Å². The van der Waals surface area contributed by atoms with Crippen LogP contribution < -0.4 is 5.32 Å². The molecule has 0 spiro atoms. The van der Waals surface area contributed by atoms with Gasteiger partial charge < -0.3 is 14.5 Å². The lowest BCUT2D eigenvalue weighted by Crippen LogP contribution is -2.29. The molecule has 24 heavy (non-hydrogen) atoms. The van der Waals surface area contributed by atoms with E-state index in [2.05, 4.69) is 5.32 Å². The molecule has 0 aliphatic carbocycles. The van der Waals surface area contributed by atoms with E-state index in [1.54, 1.807) is 12.1 Å². The van der Waals surface area contributed by atoms with Crippen molar-refractivity contribution < 1.29 is 22.4 Å². The molecular weight excluding hydrogens is 332 g/mol. The highest BCUT2D eigenvalue weighted by Gasteiger charge is 2.18. The topological polar surface area (TPSA) is 88.8 Å². The summed E-state index contributed by atoms with van der Waals surface area (Å²) >= 11 is 0. The van der Waals surface area contributed by atoms with Crippen molar-refractivity contribution in [3.05, 3.63) is 54.0 Å². The highest BCUT2D eigenvalue weighted by molar-refractivity contribution is 7.89. The largest absolute Gasteiger partial charge is 0.467 e. The molecule has 0 fully saturated rings. The molecule has 130 valence electrons. The standard InChI is InChI=1S/C16H20N2O5S/c1-18(2)24(20,21)13-8-6-12(7-9-13)16(19)17-11-15(22-3)14-5-4-10-23-14/h4-10,15H,11H2,1-3H3,(H,17,19). The average molecular weight is 352 g/mol. The van der Waals surface area contributed by atoms with Gasteiger partial charge in [0.15, 0.2) is 0 Å². The van der Waals surface area contributed by atoms with Crippen molar-refractivity contribution in [3.63, 3.8) is 0 Å². The Morgan fingerprint density at radius 1 is 1.25 bits per heavy atom.